The molecule has 0 fully saturated rings. The smallest absolute Gasteiger partial charge is 0.158 e. The molecule has 2 unspecified atom stereocenters. The zero-order valence-electron chi connectivity index (χ0n) is 10.8. The summed E-state index contributed by atoms with van der Waals surface area (Å²) in [5.74, 6) is 0.269. The number of rotatable bonds is 6. The normalized spacial score (nSPS) is 14.7. The minimum absolute atomic E-state index is 0.0166. The summed E-state index contributed by atoms with van der Waals surface area (Å²) >= 11 is 0. The summed E-state index contributed by atoms with van der Waals surface area (Å²) in [6.45, 7) is 3.90. The van der Waals surface area contributed by atoms with Crippen molar-refractivity contribution in [2.45, 2.75) is 31.9 Å². The van der Waals surface area contributed by atoms with Crippen molar-refractivity contribution >= 4 is 9.84 Å². The summed E-state index contributed by atoms with van der Waals surface area (Å²) in [6, 6.07) is 11.0. The fraction of sp³-hybridized carbons (Fsp3) is 0.500. The average Bonchev–Trinajstić information content (AvgIpc) is 2.36. The van der Waals surface area contributed by atoms with Crippen LogP contribution < -0.4 is 0 Å². The van der Waals surface area contributed by atoms with Crippen LogP contribution in [-0.4, -0.2) is 14.2 Å². The van der Waals surface area contributed by atoms with E-state index in [2.05, 4.69) is 0 Å². The average molecular weight is 265 g/mol. The van der Waals surface area contributed by atoms with Gasteiger partial charge in [0, 0.05) is 0 Å². The van der Waals surface area contributed by atoms with E-state index in [1.54, 1.807) is 24.3 Å². The lowest BCUT2D eigenvalue weighted by atomic mass is 10.1. The molecule has 1 aromatic rings. The van der Waals surface area contributed by atoms with Crippen molar-refractivity contribution < 1.29 is 8.42 Å². The summed E-state index contributed by atoms with van der Waals surface area (Å²) in [5, 5.41) is 8.14. The number of nitriles is 1. The van der Waals surface area contributed by atoms with E-state index in [1.807, 2.05) is 26.0 Å². The van der Waals surface area contributed by atoms with Gasteiger partial charge in [-0.1, -0.05) is 50.6 Å². The first-order valence-electron chi connectivity index (χ1n) is 6.14. The monoisotopic (exact) mass is 265 g/mol. The first-order chi connectivity index (χ1) is 8.51. The van der Waals surface area contributed by atoms with E-state index in [-0.39, 0.29) is 18.1 Å². The molecule has 1 aromatic carbocycles. The summed E-state index contributed by atoms with van der Waals surface area (Å²) in [5.41, 5.74) is 0.711. The largest absolute Gasteiger partial charge is 0.228 e. The zero-order chi connectivity index (χ0) is 13.6. The highest BCUT2D eigenvalue weighted by Crippen LogP contribution is 2.28. The number of nitrogens with zero attached hydrogens (tertiary/aromatic N) is 1. The van der Waals surface area contributed by atoms with E-state index in [1.165, 1.54) is 0 Å². The first kappa shape index (κ1) is 14.7. The van der Waals surface area contributed by atoms with Crippen molar-refractivity contribution in [3.05, 3.63) is 35.9 Å². The van der Waals surface area contributed by atoms with E-state index in [4.69, 9.17) is 5.26 Å². The lowest BCUT2D eigenvalue weighted by Crippen LogP contribution is -2.20. The van der Waals surface area contributed by atoms with Crippen LogP contribution in [0.25, 0.3) is 0 Å². The molecule has 2 atom stereocenters. The minimum atomic E-state index is -3.27. The maximum Gasteiger partial charge on any atom is 0.158 e. The van der Waals surface area contributed by atoms with Crippen molar-refractivity contribution in [3.8, 4) is 6.07 Å². The van der Waals surface area contributed by atoms with Gasteiger partial charge in [-0.15, -0.1) is 0 Å². The van der Waals surface area contributed by atoms with Crippen LogP contribution in [0.5, 0.6) is 0 Å². The van der Waals surface area contributed by atoms with Crippen LogP contribution in [0.15, 0.2) is 30.3 Å². The Morgan fingerprint density at radius 1 is 1.28 bits per heavy atom. The van der Waals surface area contributed by atoms with Gasteiger partial charge in [-0.05, 0) is 11.5 Å². The second-order valence-electron chi connectivity index (χ2n) is 4.60. The highest BCUT2D eigenvalue weighted by molar-refractivity contribution is 7.91. The number of benzene rings is 1. The highest BCUT2D eigenvalue weighted by atomic mass is 32.2. The van der Waals surface area contributed by atoms with Crippen LogP contribution in [0, 0.1) is 17.2 Å². The van der Waals surface area contributed by atoms with Crippen LogP contribution in [0.1, 0.15) is 37.5 Å². The molecule has 98 valence electrons. The summed E-state index contributed by atoms with van der Waals surface area (Å²) < 4.78 is 24.7. The lowest BCUT2D eigenvalue weighted by Gasteiger charge is -2.17. The molecule has 0 bridgehead atoms. The third-order valence-corrected chi connectivity index (χ3v) is 5.43. The number of hydrogen-bond donors (Lipinski definition) is 0. The van der Waals surface area contributed by atoms with Gasteiger partial charge in [0.15, 0.2) is 9.84 Å². The van der Waals surface area contributed by atoms with Crippen LogP contribution in [0.2, 0.25) is 0 Å². The van der Waals surface area contributed by atoms with Crippen LogP contribution >= 0.6 is 0 Å². The topological polar surface area (TPSA) is 57.9 Å². The molecule has 18 heavy (non-hydrogen) atoms. The third-order valence-electron chi connectivity index (χ3n) is 3.10. The van der Waals surface area contributed by atoms with E-state index in [0.717, 1.165) is 6.42 Å². The van der Waals surface area contributed by atoms with Gasteiger partial charge < -0.3 is 0 Å². The van der Waals surface area contributed by atoms with Gasteiger partial charge in [-0.2, -0.15) is 5.26 Å². The quantitative estimate of drug-likeness (QED) is 0.794. The summed E-state index contributed by atoms with van der Waals surface area (Å²) in [7, 11) is -3.27. The van der Waals surface area contributed by atoms with Gasteiger partial charge in [0.2, 0.25) is 0 Å². The Balaban J connectivity index is 3.03. The van der Waals surface area contributed by atoms with Gasteiger partial charge in [-0.3, -0.25) is 0 Å². The highest BCUT2D eigenvalue weighted by Gasteiger charge is 2.28. The number of hydrogen-bond acceptors (Lipinski definition) is 3. The molecule has 1 rings (SSSR count). The van der Waals surface area contributed by atoms with Crippen molar-refractivity contribution in [2.75, 3.05) is 5.75 Å². The predicted octanol–water partition coefficient (Wildman–Crippen LogP) is 3.10. The number of sulfone groups is 1. The van der Waals surface area contributed by atoms with Gasteiger partial charge in [0.1, 0.15) is 0 Å². The maximum atomic E-state index is 12.3. The van der Waals surface area contributed by atoms with Gasteiger partial charge in [-0.25, -0.2) is 8.42 Å². The molecular weight excluding hydrogens is 246 g/mol. The molecule has 0 aliphatic rings. The fourth-order valence-corrected chi connectivity index (χ4v) is 3.99. The Kier molecular flexibility index (Phi) is 5.36. The van der Waals surface area contributed by atoms with Crippen molar-refractivity contribution in [1.29, 1.82) is 5.26 Å². The Hall–Kier alpha value is -1.34. The molecule has 0 radical (unpaired) electrons. The molecule has 0 saturated carbocycles. The zero-order valence-corrected chi connectivity index (χ0v) is 11.7. The van der Waals surface area contributed by atoms with E-state index >= 15 is 0 Å². The Morgan fingerprint density at radius 2 is 1.89 bits per heavy atom. The molecule has 0 aromatic heterocycles. The second-order valence-corrected chi connectivity index (χ2v) is 6.83. The van der Waals surface area contributed by atoms with E-state index < -0.39 is 15.1 Å². The van der Waals surface area contributed by atoms with E-state index in [9.17, 15) is 8.42 Å². The lowest BCUT2D eigenvalue weighted by molar-refractivity contribution is 0.553. The Morgan fingerprint density at radius 3 is 2.39 bits per heavy atom. The van der Waals surface area contributed by atoms with Gasteiger partial charge in [0.25, 0.3) is 0 Å². The van der Waals surface area contributed by atoms with Crippen LogP contribution in [0.4, 0.5) is 0 Å². The predicted molar refractivity (Wildman–Crippen MR) is 72.7 cm³/mol. The molecule has 0 aliphatic heterocycles. The SMILES string of the molecule is CCC(C)CS(=O)(=O)C(CC#N)c1ccccc1. The van der Waals surface area contributed by atoms with Crippen molar-refractivity contribution in [2.24, 2.45) is 5.92 Å². The van der Waals surface area contributed by atoms with E-state index in [0.29, 0.717) is 5.56 Å². The standard InChI is InChI=1S/C14H19NO2S/c1-3-12(2)11-18(16,17)14(9-10-15)13-7-5-4-6-8-13/h4-8,12,14H,3,9,11H2,1-2H3. The van der Waals surface area contributed by atoms with Crippen LogP contribution in [0.3, 0.4) is 0 Å². The third kappa shape index (κ3) is 3.85. The molecule has 0 spiro atoms. The molecule has 0 N–H and O–H groups in total. The fourth-order valence-electron chi connectivity index (χ4n) is 1.83. The molecule has 0 aliphatic carbocycles. The molecule has 0 amide bonds. The van der Waals surface area contributed by atoms with Crippen molar-refractivity contribution in [1.82, 2.24) is 0 Å². The molecule has 0 heterocycles. The molecule has 3 nitrogen and oxygen atoms in total. The van der Waals surface area contributed by atoms with Gasteiger partial charge in [0.05, 0.1) is 23.5 Å². The van der Waals surface area contributed by atoms with Gasteiger partial charge >= 0.3 is 0 Å². The summed E-state index contributed by atoms with van der Waals surface area (Å²) in [6.07, 6.45) is 0.843. The molecule has 4 heteroatoms. The van der Waals surface area contributed by atoms with Crippen molar-refractivity contribution in [3.63, 3.8) is 0 Å². The second kappa shape index (κ2) is 6.55. The minimum Gasteiger partial charge on any atom is -0.228 e. The maximum absolute atomic E-state index is 12.3. The molecule has 0 saturated heterocycles. The first-order valence-corrected chi connectivity index (χ1v) is 7.86. The molecular formula is C14H19NO2S. The Labute approximate surface area is 109 Å². The summed E-state index contributed by atoms with van der Waals surface area (Å²) in [4.78, 5) is 0. The Bertz CT molecular complexity index is 502. The van der Waals surface area contributed by atoms with Crippen LogP contribution in [-0.2, 0) is 9.84 Å².